The highest BCUT2D eigenvalue weighted by Gasteiger charge is 2.38. The Morgan fingerprint density at radius 1 is 1.25 bits per heavy atom. The molecular weight excluding hydrogens is 382 g/mol. The smallest absolute Gasteiger partial charge is 0.475 e. The lowest BCUT2D eigenvalue weighted by Crippen LogP contribution is -2.29. The first-order valence-corrected chi connectivity index (χ1v) is 8.45. The molecule has 1 N–H and O–H groups in total. The number of alkyl halides is 3. The van der Waals surface area contributed by atoms with Crippen LogP contribution in [0.2, 0.25) is 0 Å². The van der Waals surface area contributed by atoms with Crippen molar-refractivity contribution in [2.45, 2.75) is 25.8 Å². The number of ether oxygens (including phenoxy) is 1. The summed E-state index contributed by atoms with van der Waals surface area (Å²) in [5.74, 6) is -2.53. The highest BCUT2D eigenvalue weighted by atomic mass is 19.4. The Hall–Kier alpha value is -2.46. The number of carboxylic acids is 1. The Kier molecular flexibility index (Phi) is 7.53. The number of methoxy groups -OCH3 is 1. The molecule has 0 spiro atoms. The Morgan fingerprint density at radius 2 is 1.89 bits per heavy atom. The van der Waals surface area contributed by atoms with Crippen molar-refractivity contribution in [3.63, 3.8) is 0 Å². The molecule has 0 fully saturated rings. The fourth-order valence-corrected chi connectivity index (χ4v) is 2.93. The van der Waals surface area contributed by atoms with Crippen LogP contribution in [-0.4, -0.2) is 52.2 Å². The first-order valence-electron chi connectivity index (χ1n) is 8.45. The number of aliphatic carboxylic acids is 1. The van der Waals surface area contributed by atoms with E-state index in [9.17, 15) is 17.6 Å². The van der Waals surface area contributed by atoms with Crippen LogP contribution in [0, 0.1) is 11.7 Å². The number of halogens is 4. The molecule has 3 rings (SSSR count). The minimum Gasteiger partial charge on any atom is -0.475 e. The van der Waals surface area contributed by atoms with Crippen molar-refractivity contribution in [3.05, 3.63) is 53.6 Å². The number of nitrogens with zero attached hydrogens (tertiary/aromatic N) is 3. The molecule has 2 heterocycles. The number of carbonyl (C=O) groups is 1. The summed E-state index contributed by atoms with van der Waals surface area (Å²) in [6.07, 6.45) is -3.24. The SMILES string of the molecule is COCC1CN(Cc2ccc(F)cc2)Cc2ccnn2C1.O=C(O)C(F)(F)F. The third-order valence-electron chi connectivity index (χ3n) is 4.10. The highest BCUT2D eigenvalue weighted by Crippen LogP contribution is 2.18. The fourth-order valence-electron chi connectivity index (χ4n) is 2.93. The van der Waals surface area contributed by atoms with Gasteiger partial charge in [0, 0.05) is 45.4 Å². The number of hydrogen-bond acceptors (Lipinski definition) is 4. The Balaban J connectivity index is 0.000000345. The summed E-state index contributed by atoms with van der Waals surface area (Å²) < 4.78 is 52.1. The van der Waals surface area contributed by atoms with E-state index in [-0.39, 0.29) is 5.82 Å². The van der Waals surface area contributed by atoms with Gasteiger partial charge in [0.05, 0.1) is 12.3 Å². The molecule has 0 radical (unpaired) electrons. The number of aromatic nitrogens is 2. The standard InChI is InChI=1S/C16H20FN3O.C2HF3O2/c1-21-12-14-9-19(8-13-2-4-15(17)5-3-13)11-16-6-7-18-20(16)10-14;3-2(4,5)1(6)7/h2-7,14H,8-12H2,1H3;(H,6,7). The Labute approximate surface area is 159 Å². The molecule has 2 aromatic rings. The molecule has 0 aliphatic carbocycles. The quantitative estimate of drug-likeness (QED) is 0.796. The molecule has 1 unspecified atom stereocenters. The Bertz CT molecular complexity index is 762. The van der Waals surface area contributed by atoms with Gasteiger partial charge in [0.25, 0.3) is 0 Å². The fraction of sp³-hybridized carbons (Fsp3) is 0.444. The van der Waals surface area contributed by atoms with E-state index in [0.29, 0.717) is 5.92 Å². The summed E-state index contributed by atoms with van der Waals surface area (Å²) in [6, 6.07) is 8.80. The average molecular weight is 403 g/mol. The molecule has 0 saturated heterocycles. The maximum Gasteiger partial charge on any atom is 0.490 e. The van der Waals surface area contributed by atoms with Crippen molar-refractivity contribution in [1.29, 1.82) is 0 Å². The van der Waals surface area contributed by atoms with Crippen molar-refractivity contribution in [3.8, 4) is 0 Å². The average Bonchev–Trinajstić information content (AvgIpc) is 2.96. The van der Waals surface area contributed by atoms with Gasteiger partial charge in [-0.15, -0.1) is 0 Å². The maximum atomic E-state index is 13.0. The molecule has 6 nitrogen and oxygen atoms in total. The van der Waals surface area contributed by atoms with E-state index in [1.165, 1.54) is 17.8 Å². The van der Waals surface area contributed by atoms with Crippen molar-refractivity contribution < 1.29 is 32.2 Å². The number of rotatable bonds is 4. The van der Waals surface area contributed by atoms with E-state index in [0.717, 1.165) is 38.3 Å². The van der Waals surface area contributed by atoms with Gasteiger partial charge in [-0.3, -0.25) is 9.58 Å². The summed E-state index contributed by atoms with van der Waals surface area (Å²) in [6.45, 7) is 4.23. The first kappa shape index (κ1) is 21.8. The molecule has 1 aromatic carbocycles. The molecule has 1 aliphatic rings. The number of hydrogen-bond donors (Lipinski definition) is 1. The summed E-state index contributed by atoms with van der Waals surface area (Å²) >= 11 is 0. The second-order valence-electron chi connectivity index (χ2n) is 6.43. The van der Waals surface area contributed by atoms with Gasteiger partial charge in [0.1, 0.15) is 5.82 Å². The second-order valence-corrected chi connectivity index (χ2v) is 6.43. The van der Waals surface area contributed by atoms with Crippen LogP contribution in [0.4, 0.5) is 17.6 Å². The molecule has 1 aliphatic heterocycles. The van der Waals surface area contributed by atoms with E-state index in [2.05, 4.69) is 20.7 Å². The topological polar surface area (TPSA) is 67.6 Å². The highest BCUT2D eigenvalue weighted by molar-refractivity contribution is 5.73. The summed E-state index contributed by atoms with van der Waals surface area (Å²) in [5, 5.41) is 11.5. The molecule has 1 atom stereocenters. The van der Waals surface area contributed by atoms with E-state index < -0.39 is 12.1 Å². The summed E-state index contributed by atoms with van der Waals surface area (Å²) in [7, 11) is 1.74. The summed E-state index contributed by atoms with van der Waals surface area (Å²) in [4.78, 5) is 11.3. The van der Waals surface area contributed by atoms with Crippen molar-refractivity contribution in [2.24, 2.45) is 5.92 Å². The third kappa shape index (κ3) is 6.61. The van der Waals surface area contributed by atoms with Crippen LogP contribution < -0.4 is 0 Å². The van der Waals surface area contributed by atoms with E-state index in [1.807, 2.05) is 18.3 Å². The van der Waals surface area contributed by atoms with E-state index >= 15 is 0 Å². The summed E-state index contributed by atoms with van der Waals surface area (Å²) in [5.41, 5.74) is 2.34. The van der Waals surface area contributed by atoms with Gasteiger partial charge < -0.3 is 9.84 Å². The van der Waals surface area contributed by atoms with Crippen molar-refractivity contribution >= 4 is 5.97 Å². The monoisotopic (exact) mass is 403 g/mol. The maximum absolute atomic E-state index is 13.0. The van der Waals surface area contributed by atoms with Crippen molar-refractivity contribution in [2.75, 3.05) is 20.3 Å². The Morgan fingerprint density at radius 3 is 2.46 bits per heavy atom. The zero-order valence-electron chi connectivity index (χ0n) is 15.2. The predicted molar refractivity (Wildman–Crippen MR) is 91.8 cm³/mol. The number of fused-ring (bicyclic) bond motifs is 1. The van der Waals surface area contributed by atoms with Gasteiger partial charge in [-0.25, -0.2) is 9.18 Å². The van der Waals surface area contributed by atoms with Crippen LogP contribution >= 0.6 is 0 Å². The molecule has 1 aromatic heterocycles. The number of benzene rings is 1. The van der Waals surface area contributed by atoms with Crippen LogP contribution in [0.25, 0.3) is 0 Å². The van der Waals surface area contributed by atoms with Gasteiger partial charge in [0.2, 0.25) is 0 Å². The van der Waals surface area contributed by atoms with Gasteiger partial charge in [-0.1, -0.05) is 12.1 Å². The lowest BCUT2D eigenvalue weighted by Gasteiger charge is -2.23. The molecule has 10 heteroatoms. The molecule has 28 heavy (non-hydrogen) atoms. The van der Waals surface area contributed by atoms with Gasteiger partial charge in [-0.2, -0.15) is 18.3 Å². The van der Waals surface area contributed by atoms with Crippen molar-refractivity contribution in [1.82, 2.24) is 14.7 Å². The zero-order chi connectivity index (χ0) is 20.7. The minimum absolute atomic E-state index is 0.190. The molecule has 0 amide bonds. The van der Waals surface area contributed by atoms with E-state index in [1.54, 1.807) is 7.11 Å². The minimum atomic E-state index is -5.08. The third-order valence-corrected chi connectivity index (χ3v) is 4.10. The number of carboxylic acid groups (broad SMARTS) is 1. The van der Waals surface area contributed by atoms with Crippen LogP contribution in [0.3, 0.4) is 0 Å². The van der Waals surface area contributed by atoms with Gasteiger partial charge in [0.15, 0.2) is 0 Å². The largest absolute Gasteiger partial charge is 0.490 e. The van der Waals surface area contributed by atoms with Crippen LogP contribution in [0.5, 0.6) is 0 Å². The lowest BCUT2D eigenvalue weighted by atomic mass is 10.1. The molecular formula is C18H21F4N3O3. The second kappa shape index (κ2) is 9.65. The lowest BCUT2D eigenvalue weighted by molar-refractivity contribution is -0.192. The molecule has 0 saturated carbocycles. The van der Waals surface area contributed by atoms with Crippen LogP contribution in [0.1, 0.15) is 11.3 Å². The first-order chi connectivity index (χ1) is 13.2. The van der Waals surface area contributed by atoms with Gasteiger partial charge in [-0.05, 0) is 23.8 Å². The normalized spacial score (nSPS) is 17.2. The van der Waals surface area contributed by atoms with Crippen LogP contribution in [0.15, 0.2) is 36.5 Å². The van der Waals surface area contributed by atoms with Crippen LogP contribution in [-0.2, 0) is 29.2 Å². The molecule has 0 bridgehead atoms. The zero-order valence-corrected chi connectivity index (χ0v) is 15.2. The molecule has 154 valence electrons. The van der Waals surface area contributed by atoms with Gasteiger partial charge >= 0.3 is 12.1 Å². The predicted octanol–water partition coefficient (Wildman–Crippen LogP) is 2.93. The van der Waals surface area contributed by atoms with E-state index in [4.69, 9.17) is 14.6 Å².